The molecule has 0 aliphatic carbocycles. The number of hydrogen-bond donors (Lipinski definition) is 1. The lowest BCUT2D eigenvalue weighted by molar-refractivity contribution is -0.138. The van der Waals surface area contributed by atoms with Gasteiger partial charge < -0.3 is 9.52 Å². The fraction of sp³-hybridized carbons (Fsp3) is 0.190. The van der Waals surface area contributed by atoms with Gasteiger partial charge in [-0.2, -0.15) is 13.2 Å². The quantitative estimate of drug-likeness (QED) is 0.451. The van der Waals surface area contributed by atoms with Gasteiger partial charge in [0.25, 0.3) is 0 Å². The first kappa shape index (κ1) is 20.1. The van der Waals surface area contributed by atoms with Crippen LogP contribution in [0, 0.1) is 6.92 Å². The van der Waals surface area contributed by atoms with E-state index in [1.807, 2.05) is 6.92 Å². The van der Waals surface area contributed by atoms with E-state index in [4.69, 9.17) is 9.52 Å². The maximum absolute atomic E-state index is 12.8. The average molecular weight is 432 g/mol. The van der Waals surface area contributed by atoms with Gasteiger partial charge in [0.1, 0.15) is 10.5 Å². The standard InChI is InChI=1S/C21H15F3N2O3S/c1-11-16(30-20(25-11)12-5-7-14(8-6-12)21(22,23)24)10-17-26-15-4-2-3-13(9-18(27)28)19(15)29-17/h2-8H,9-10H2,1H3,(H,27,28). The summed E-state index contributed by atoms with van der Waals surface area (Å²) in [5.41, 5.74) is 2.20. The first-order chi connectivity index (χ1) is 14.2. The molecule has 5 nitrogen and oxygen atoms in total. The second-order valence-electron chi connectivity index (χ2n) is 6.72. The van der Waals surface area contributed by atoms with E-state index in [0.717, 1.165) is 22.7 Å². The number of nitrogens with zero attached hydrogens (tertiary/aromatic N) is 2. The number of alkyl halides is 3. The number of oxazole rings is 1. The molecule has 0 saturated heterocycles. The monoisotopic (exact) mass is 432 g/mol. The van der Waals surface area contributed by atoms with Crippen molar-refractivity contribution in [1.82, 2.24) is 9.97 Å². The van der Waals surface area contributed by atoms with Crippen molar-refractivity contribution in [2.24, 2.45) is 0 Å². The molecule has 154 valence electrons. The molecule has 0 saturated carbocycles. The summed E-state index contributed by atoms with van der Waals surface area (Å²) in [4.78, 5) is 20.8. The second kappa shape index (κ2) is 7.56. The molecule has 4 rings (SSSR count). The van der Waals surface area contributed by atoms with Crippen molar-refractivity contribution in [2.45, 2.75) is 25.9 Å². The van der Waals surface area contributed by atoms with Gasteiger partial charge in [0, 0.05) is 16.0 Å². The number of para-hydroxylation sites is 1. The highest BCUT2D eigenvalue weighted by atomic mass is 32.1. The first-order valence-corrected chi connectivity index (χ1v) is 9.75. The van der Waals surface area contributed by atoms with E-state index in [-0.39, 0.29) is 6.42 Å². The van der Waals surface area contributed by atoms with Crippen molar-refractivity contribution in [3.63, 3.8) is 0 Å². The molecule has 2 aromatic carbocycles. The molecular weight excluding hydrogens is 417 g/mol. The zero-order valence-electron chi connectivity index (χ0n) is 15.7. The molecule has 0 spiro atoms. The fourth-order valence-corrected chi connectivity index (χ4v) is 4.14. The summed E-state index contributed by atoms with van der Waals surface area (Å²) in [7, 11) is 0. The van der Waals surface area contributed by atoms with E-state index < -0.39 is 17.7 Å². The van der Waals surface area contributed by atoms with E-state index in [1.165, 1.54) is 23.5 Å². The van der Waals surface area contributed by atoms with Crippen molar-refractivity contribution in [3.05, 3.63) is 70.1 Å². The molecule has 0 bridgehead atoms. The van der Waals surface area contributed by atoms with E-state index in [9.17, 15) is 18.0 Å². The van der Waals surface area contributed by atoms with Gasteiger partial charge in [-0.3, -0.25) is 4.79 Å². The summed E-state index contributed by atoms with van der Waals surface area (Å²) in [6.45, 7) is 1.82. The molecule has 1 N–H and O–H groups in total. The van der Waals surface area contributed by atoms with Gasteiger partial charge >= 0.3 is 12.1 Å². The Bertz CT molecular complexity index is 1230. The summed E-state index contributed by atoms with van der Waals surface area (Å²) < 4.78 is 44.1. The van der Waals surface area contributed by atoms with Crippen molar-refractivity contribution in [2.75, 3.05) is 0 Å². The Kier molecular flexibility index (Phi) is 5.07. The van der Waals surface area contributed by atoms with Gasteiger partial charge in [0.05, 0.1) is 24.1 Å². The predicted octanol–water partition coefficient (Wildman–Crippen LogP) is 5.50. The number of carbonyl (C=O) groups is 1. The molecule has 0 atom stereocenters. The average Bonchev–Trinajstić information content (AvgIpc) is 3.25. The highest BCUT2D eigenvalue weighted by molar-refractivity contribution is 7.15. The number of benzene rings is 2. The normalized spacial score (nSPS) is 11.9. The zero-order chi connectivity index (χ0) is 21.5. The van der Waals surface area contributed by atoms with Crippen LogP contribution < -0.4 is 0 Å². The maximum atomic E-state index is 12.8. The van der Waals surface area contributed by atoms with Gasteiger partial charge in [-0.25, -0.2) is 9.97 Å². The minimum atomic E-state index is -4.38. The molecule has 0 aliphatic rings. The lowest BCUT2D eigenvalue weighted by Crippen LogP contribution is -2.03. The summed E-state index contributed by atoms with van der Waals surface area (Å²) in [5, 5.41) is 9.66. The minimum absolute atomic E-state index is 0.163. The molecule has 0 unspecified atom stereocenters. The van der Waals surface area contributed by atoms with Gasteiger partial charge in [-0.15, -0.1) is 11.3 Å². The predicted molar refractivity (Wildman–Crippen MR) is 105 cm³/mol. The van der Waals surface area contributed by atoms with Gasteiger partial charge in [0.2, 0.25) is 5.89 Å². The lowest BCUT2D eigenvalue weighted by Gasteiger charge is -2.06. The molecule has 2 aromatic heterocycles. The fourth-order valence-electron chi connectivity index (χ4n) is 3.08. The number of aryl methyl sites for hydroxylation is 1. The van der Waals surface area contributed by atoms with Crippen LogP contribution in [0.2, 0.25) is 0 Å². The topological polar surface area (TPSA) is 76.2 Å². The third-order valence-electron chi connectivity index (χ3n) is 4.55. The van der Waals surface area contributed by atoms with Crippen molar-refractivity contribution in [1.29, 1.82) is 0 Å². The van der Waals surface area contributed by atoms with Crippen LogP contribution in [0.5, 0.6) is 0 Å². The maximum Gasteiger partial charge on any atom is 0.416 e. The highest BCUT2D eigenvalue weighted by Gasteiger charge is 2.30. The Hall–Kier alpha value is -3.20. The van der Waals surface area contributed by atoms with Gasteiger partial charge in [0.15, 0.2) is 5.58 Å². The number of fused-ring (bicyclic) bond motifs is 1. The molecule has 0 aliphatic heterocycles. The summed E-state index contributed by atoms with van der Waals surface area (Å²) in [6.07, 6.45) is -4.19. The van der Waals surface area contributed by atoms with E-state index in [0.29, 0.717) is 39.5 Å². The molecule has 0 fully saturated rings. The van der Waals surface area contributed by atoms with Crippen LogP contribution in [-0.4, -0.2) is 21.0 Å². The second-order valence-corrected chi connectivity index (χ2v) is 7.81. The Balaban J connectivity index is 1.60. The van der Waals surface area contributed by atoms with Crippen LogP contribution in [0.4, 0.5) is 13.2 Å². The van der Waals surface area contributed by atoms with Crippen molar-refractivity contribution >= 4 is 28.4 Å². The van der Waals surface area contributed by atoms with E-state index >= 15 is 0 Å². The third-order valence-corrected chi connectivity index (χ3v) is 5.75. The third kappa shape index (κ3) is 4.06. The van der Waals surface area contributed by atoms with Crippen LogP contribution in [-0.2, 0) is 23.8 Å². The molecule has 0 amide bonds. The van der Waals surface area contributed by atoms with Crippen LogP contribution in [0.3, 0.4) is 0 Å². The molecule has 2 heterocycles. The number of hydrogen-bond acceptors (Lipinski definition) is 5. The van der Waals surface area contributed by atoms with Crippen LogP contribution in [0.15, 0.2) is 46.9 Å². The lowest BCUT2D eigenvalue weighted by atomic mass is 10.1. The summed E-state index contributed by atoms with van der Waals surface area (Å²) in [6, 6.07) is 10.1. The SMILES string of the molecule is Cc1nc(-c2ccc(C(F)(F)F)cc2)sc1Cc1nc2cccc(CC(=O)O)c2o1. The number of halogens is 3. The van der Waals surface area contributed by atoms with Crippen molar-refractivity contribution < 1.29 is 27.5 Å². The van der Waals surface area contributed by atoms with Crippen LogP contribution >= 0.6 is 11.3 Å². The number of rotatable bonds is 5. The molecule has 30 heavy (non-hydrogen) atoms. The zero-order valence-corrected chi connectivity index (χ0v) is 16.5. The number of aliphatic carboxylic acids is 1. The summed E-state index contributed by atoms with van der Waals surface area (Å²) >= 11 is 1.36. The largest absolute Gasteiger partial charge is 0.481 e. The Morgan fingerprint density at radius 3 is 2.53 bits per heavy atom. The number of carboxylic acids is 1. The minimum Gasteiger partial charge on any atom is -0.481 e. The molecular formula is C21H15F3N2O3S. The van der Waals surface area contributed by atoms with Crippen molar-refractivity contribution in [3.8, 4) is 10.6 Å². The highest BCUT2D eigenvalue weighted by Crippen LogP contribution is 2.34. The Morgan fingerprint density at radius 1 is 1.13 bits per heavy atom. The molecule has 0 radical (unpaired) electrons. The Labute approximate surface area is 172 Å². The first-order valence-electron chi connectivity index (χ1n) is 8.94. The summed E-state index contributed by atoms with van der Waals surface area (Å²) in [5.74, 6) is -0.534. The van der Waals surface area contributed by atoms with Crippen LogP contribution in [0.25, 0.3) is 21.7 Å². The van der Waals surface area contributed by atoms with Crippen LogP contribution in [0.1, 0.15) is 27.6 Å². The van der Waals surface area contributed by atoms with E-state index in [1.54, 1.807) is 18.2 Å². The molecule has 9 heteroatoms. The molecule has 4 aromatic rings. The van der Waals surface area contributed by atoms with Gasteiger partial charge in [-0.05, 0) is 25.1 Å². The smallest absolute Gasteiger partial charge is 0.416 e. The number of carboxylic acid groups (broad SMARTS) is 1. The van der Waals surface area contributed by atoms with Gasteiger partial charge in [-0.1, -0.05) is 24.3 Å². The Morgan fingerprint density at radius 2 is 1.87 bits per heavy atom. The van der Waals surface area contributed by atoms with E-state index in [2.05, 4.69) is 9.97 Å². The number of aromatic nitrogens is 2. The number of thiazole rings is 1.